The molecule has 0 bridgehead atoms. The van der Waals surface area contributed by atoms with Gasteiger partial charge >= 0.3 is 0 Å². The predicted octanol–water partition coefficient (Wildman–Crippen LogP) is 4.36. The number of benzene rings is 3. The lowest BCUT2D eigenvalue weighted by atomic mass is 10.1. The lowest BCUT2D eigenvalue weighted by Crippen LogP contribution is -2.27. The van der Waals surface area contributed by atoms with Crippen LogP contribution in [0.4, 0.5) is 5.69 Å². The first-order chi connectivity index (χ1) is 17.5. The van der Waals surface area contributed by atoms with Crippen molar-refractivity contribution in [2.24, 2.45) is 0 Å². The molecular weight excluding hydrogens is 456 g/mol. The summed E-state index contributed by atoms with van der Waals surface area (Å²) in [4.78, 5) is 30.2. The zero-order valence-electron chi connectivity index (χ0n) is 20.7. The number of nitrogens with one attached hydrogen (secondary N) is 2. The summed E-state index contributed by atoms with van der Waals surface area (Å²) in [6, 6.07) is 20.9. The smallest absolute Gasteiger partial charge is 0.254 e. The van der Waals surface area contributed by atoms with E-state index in [0.717, 1.165) is 23.3 Å². The molecule has 36 heavy (non-hydrogen) atoms. The third kappa shape index (κ3) is 5.90. The van der Waals surface area contributed by atoms with E-state index in [1.54, 1.807) is 25.6 Å². The van der Waals surface area contributed by atoms with Gasteiger partial charge in [0.15, 0.2) is 0 Å². The number of nitrogens with zero attached hydrogens (tertiary/aromatic N) is 2. The van der Waals surface area contributed by atoms with Crippen molar-refractivity contribution < 1.29 is 19.1 Å². The minimum atomic E-state index is -0.307. The number of carbonyl (C=O) groups excluding carboxylic acids is 2. The lowest BCUT2D eigenvalue weighted by molar-refractivity contribution is -0.119. The molecule has 0 aliphatic carbocycles. The van der Waals surface area contributed by atoms with E-state index in [1.165, 1.54) is 12.7 Å². The van der Waals surface area contributed by atoms with Crippen molar-refractivity contribution in [1.82, 2.24) is 14.9 Å². The fourth-order valence-corrected chi connectivity index (χ4v) is 4.10. The van der Waals surface area contributed by atoms with E-state index in [9.17, 15) is 9.59 Å². The van der Waals surface area contributed by atoms with Gasteiger partial charge in [0.1, 0.15) is 12.4 Å². The van der Waals surface area contributed by atoms with Crippen molar-refractivity contribution in [2.75, 3.05) is 26.1 Å². The summed E-state index contributed by atoms with van der Waals surface area (Å²) in [7, 11) is 3.07. The second-order valence-electron chi connectivity index (χ2n) is 8.51. The van der Waals surface area contributed by atoms with E-state index >= 15 is 0 Å². The first-order valence-electron chi connectivity index (χ1n) is 11.7. The van der Waals surface area contributed by atoms with Crippen molar-refractivity contribution >= 4 is 28.5 Å². The fraction of sp³-hybridized carbons (Fsp3) is 0.250. The molecule has 4 rings (SSSR count). The molecule has 3 aromatic carbocycles. The zero-order valence-corrected chi connectivity index (χ0v) is 20.7. The first kappa shape index (κ1) is 24.9. The molecule has 0 radical (unpaired) electrons. The maximum atomic E-state index is 13.5. The third-order valence-corrected chi connectivity index (χ3v) is 5.96. The molecule has 2 amide bonds. The molecule has 0 spiro atoms. The molecule has 1 heterocycles. The predicted molar refractivity (Wildman–Crippen MR) is 139 cm³/mol. The van der Waals surface area contributed by atoms with Crippen LogP contribution in [0.25, 0.3) is 11.0 Å². The van der Waals surface area contributed by atoms with Crippen molar-refractivity contribution in [3.8, 4) is 5.75 Å². The molecule has 1 aromatic heterocycles. The van der Waals surface area contributed by atoms with E-state index < -0.39 is 0 Å². The Morgan fingerprint density at radius 2 is 1.78 bits per heavy atom. The van der Waals surface area contributed by atoms with Crippen molar-refractivity contribution in [2.45, 2.75) is 25.9 Å². The van der Waals surface area contributed by atoms with Crippen LogP contribution in [0, 0.1) is 0 Å². The maximum Gasteiger partial charge on any atom is 0.254 e. The molecule has 0 unspecified atom stereocenters. The molecule has 0 aliphatic rings. The second-order valence-corrected chi connectivity index (χ2v) is 8.51. The van der Waals surface area contributed by atoms with Crippen LogP contribution in [0.5, 0.6) is 5.75 Å². The summed E-state index contributed by atoms with van der Waals surface area (Å²) in [5.41, 5.74) is 4.41. The Bertz CT molecular complexity index is 1330. The summed E-state index contributed by atoms with van der Waals surface area (Å²) in [5, 5.41) is 5.87. The number of anilines is 1. The van der Waals surface area contributed by atoms with Crippen molar-refractivity contribution in [3.63, 3.8) is 0 Å². The zero-order chi connectivity index (χ0) is 25.5. The number of aromatic nitrogens is 2. The average molecular weight is 487 g/mol. The summed E-state index contributed by atoms with van der Waals surface area (Å²) in [6.07, 6.45) is 2.53. The van der Waals surface area contributed by atoms with Crippen LogP contribution in [0.2, 0.25) is 0 Å². The highest BCUT2D eigenvalue weighted by atomic mass is 16.5. The Hall–Kier alpha value is -4.17. The Labute approximate surface area is 210 Å². The number of rotatable bonds is 10. The fourth-order valence-electron chi connectivity index (χ4n) is 4.10. The lowest BCUT2D eigenvalue weighted by Gasteiger charge is -2.17. The molecule has 4 aromatic rings. The number of carbonyl (C=O) groups is 2. The topological polar surface area (TPSA) is 94.5 Å². The number of fused-ring (bicyclic) bond motifs is 1. The van der Waals surface area contributed by atoms with E-state index in [2.05, 4.69) is 27.8 Å². The highest BCUT2D eigenvalue weighted by Crippen LogP contribution is 2.26. The van der Waals surface area contributed by atoms with Gasteiger partial charge in [-0.25, -0.2) is 4.98 Å². The molecular formula is C28H30N4O4. The number of amides is 2. The van der Waals surface area contributed by atoms with Crippen LogP contribution in [0.3, 0.4) is 0 Å². The Kier molecular flexibility index (Phi) is 7.97. The maximum absolute atomic E-state index is 13.5. The number of hydrogen-bond acceptors (Lipinski definition) is 5. The van der Waals surface area contributed by atoms with Gasteiger partial charge in [-0.2, -0.15) is 0 Å². The minimum absolute atomic E-state index is 0.0837. The molecule has 2 N–H and O–H groups in total. The molecule has 8 nitrogen and oxygen atoms in total. The number of methoxy groups -OCH3 is 2. The van der Waals surface area contributed by atoms with E-state index in [4.69, 9.17) is 9.47 Å². The minimum Gasteiger partial charge on any atom is -0.497 e. The van der Waals surface area contributed by atoms with Crippen LogP contribution < -0.4 is 15.4 Å². The summed E-state index contributed by atoms with van der Waals surface area (Å²) in [5.74, 6) is 0.187. The van der Waals surface area contributed by atoms with Gasteiger partial charge in [-0.3, -0.25) is 9.59 Å². The van der Waals surface area contributed by atoms with Gasteiger partial charge < -0.3 is 24.7 Å². The Morgan fingerprint density at radius 3 is 2.47 bits per heavy atom. The highest BCUT2D eigenvalue weighted by Gasteiger charge is 2.19. The largest absolute Gasteiger partial charge is 0.497 e. The van der Waals surface area contributed by atoms with Crippen molar-refractivity contribution in [3.05, 3.63) is 89.7 Å². The van der Waals surface area contributed by atoms with E-state index in [-0.39, 0.29) is 24.5 Å². The molecule has 186 valence electrons. The summed E-state index contributed by atoms with van der Waals surface area (Å²) >= 11 is 0. The van der Waals surface area contributed by atoms with Crippen LogP contribution >= 0.6 is 0 Å². The SMILES string of the molecule is COCC(=O)Nc1cc(C(=O)N[C@H](C)c2ccc(OC)cc2)c2c(c1)ncn2CCc1ccccc1. The summed E-state index contributed by atoms with van der Waals surface area (Å²) in [6.45, 7) is 2.50. The van der Waals surface area contributed by atoms with E-state index in [0.29, 0.717) is 23.3 Å². The quantitative estimate of drug-likeness (QED) is 0.347. The molecule has 1 atom stereocenters. The molecule has 0 aliphatic heterocycles. The molecule has 0 fully saturated rings. The van der Waals surface area contributed by atoms with Gasteiger partial charge in [-0.1, -0.05) is 42.5 Å². The normalized spacial score (nSPS) is 11.8. The van der Waals surface area contributed by atoms with Crippen LogP contribution in [0.15, 0.2) is 73.1 Å². The third-order valence-electron chi connectivity index (χ3n) is 5.96. The number of ether oxygens (including phenoxy) is 2. The Balaban J connectivity index is 1.65. The van der Waals surface area contributed by atoms with Gasteiger partial charge in [-0.15, -0.1) is 0 Å². The van der Waals surface area contributed by atoms with Crippen LogP contribution in [0.1, 0.15) is 34.5 Å². The number of hydrogen-bond donors (Lipinski definition) is 2. The van der Waals surface area contributed by atoms with Crippen molar-refractivity contribution in [1.29, 1.82) is 0 Å². The number of imidazole rings is 1. The first-order valence-corrected chi connectivity index (χ1v) is 11.7. The standard InChI is InChI=1S/C28H30N4O4/c1-19(21-9-11-23(36-3)12-10-21)30-28(34)24-15-22(31-26(33)17-35-2)16-25-27(24)32(18-29-25)14-13-20-7-5-4-6-8-20/h4-12,15-16,18-19H,13-14,17H2,1-3H3,(H,30,34)(H,31,33)/t19-/m1/s1. The van der Waals surface area contributed by atoms with Gasteiger partial charge in [0, 0.05) is 19.3 Å². The van der Waals surface area contributed by atoms with E-state index in [1.807, 2.05) is 54.0 Å². The van der Waals surface area contributed by atoms with Crippen LogP contribution in [-0.4, -0.2) is 42.2 Å². The second kappa shape index (κ2) is 11.5. The average Bonchev–Trinajstić information content (AvgIpc) is 3.30. The van der Waals surface area contributed by atoms with Crippen LogP contribution in [-0.2, 0) is 22.5 Å². The van der Waals surface area contributed by atoms with Gasteiger partial charge in [0.05, 0.1) is 36.1 Å². The number of aryl methyl sites for hydroxylation is 2. The van der Waals surface area contributed by atoms with Gasteiger partial charge in [-0.05, 0) is 48.7 Å². The molecule has 0 saturated heterocycles. The van der Waals surface area contributed by atoms with Gasteiger partial charge in [0.2, 0.25) is 5.91 Å². The summed E-state index contributed by atoms with van der Waals surface area (Å²) < 4.78 is 12.1. The molecule has 8 heteroatoms. The monoisotopic (exact) mass is 486 g/mol. The molecule has 0 saturated carbocycles. The van der Waals surface area contributed by atoms with Gasteiger partial charge in [0.25, 0.3) is 5.91 Å². The highest BCUT2D eigenvalue weighted by molar-refractivity contribution is 6.07. The Morgan fingerprint density at radius 1 is 1.03 bits per heavy atom.